The average molecular weight is 775 g/mol. The lowest BCUT2D eigenvalue weighted by Crippen LogP contribution is -2.28. The number of nitrogens with zero attached hydrogens (tertiary/aromatic N) is 4. The maximum atomic E-state index is 2.60. The Morgan fingerprint density at radius 3 is 1.68 bits per heavy atom. The van der Waals surface area contributed by atoms with Crippen LogP contribution in [0, 0.1) is 11.8 Å². The molecule has 3 aliphatic rings. The first-order chi connectivity index (χ1) is 29.6. The van der Waals surface area contributed by atoms with Gasteiger partial charge in [0, 0.05) is 78.4 Å². The molecule has 0 aliphatic heterocycles. The number of fused-ring (bicyclic) bond motifs is 9. The van der Waals surface area contributed by atoms with Gasteiger partial charge in [0.25, 0.3) is 0 Å². The molecule has 3 atom stereocenters. The van der Waals surface area contributed by atoms with Gasteiger partial charge < -0.3 is 18.6 Å². The summed E-state index contributed by atoms with van der Waals surface area (Å²) in [5.41, 5.74) is 15.3. The molecule has 60 heavy (non-hydrogen) atoms. The summed E-state index contributed by atoms with van der Waals surface area (Å²) in [5, 5.41) is 6.55. The molecule has 3 aromatic heterocycles. The zero-order valence-electron chi connectivity index (χ0n) is 34.0. The number of hydrogen-bond donors (Lipinski definition) is 0. The molecule has 0 radical (unpaired) electrons. The van der Waals surface area contributed by atoms with Crippen molar-refractivity contribution in [2.24, 2.45) is 11.8 Å². The normalized spacial score (nSPS) is 19.0. The van der Waals surface area contributed by atoms with E-state index in [-0.39, 0.29) is 17.9 Å². The van der Waals surface area contributed by atoms with E-state index in [1.54, 1.807) is 0 Å². The Morgan fingerprint density at radius 2 is 1.10 bits per heavy atom. The molecular formula is C56H46N4. The Labute approximate surface area is 350 Å². The van der Waals surface area contributed by atoms with Crippen molar-refractivity contribution in [1.29, 1.82) is 0 Å². The Kier molecular flexibility index (Phi) is 8.03. The zero-order chi connectivity index (χ0) is 39.9. The van der Waals surface area contributed by atoms with Crippen molar-refractivity contribution in [3.8, 4) is 5.69 Å². The van der Waals surface area contributed by atoms with Gasteiger partial charge in [0.2, 0.25) is 0 Å². The first kappa shape index (κ1) is 35.0. The first-order valence-electron chi connectivity index (χ1n) is 21.6. The minimum atomic E-state index is 0.214. The molecule has 9 aromatic rings. The van der Waals surface area contributed by atoms with Crippen LogP contribution in [0.4, 0.5) is 5.69 Å². The molecular weight excluding hydrogens is 729 g/mol. The molecule has 4 nitrogen and oxygen atoms in total. The molecule has 0 fully saturated rings. The number of para-hydroxylation sites is 5. The highest BCUT2D eigenvalue weighted by Crippen LogP contribution is 2.43. The topological polar surface area (TPSA) is 18.0 Å². The number of hydrogen-bond acceptors (Lipinski definition) is 1. The molecule has 3 aliphatic carbocycles. The number of rotatable bonds is 6. The van der Waals surface area contributed by atoms with E-state index in [0.29, 0.717) is 0 Å². The van der Waals surface area contributed by atoms with E-state index in [0.717, 1.165) is 24.9 Å². The van der Waals surface area contributed by atoms with Crippen LogP contribution >= 0.6 is 0 Å². The smallest absolute Gasteiger partial charge is 0.0587 e. The fourth-order valence-electron chi connectivity index (χ4n) is 10.7. The Morgan fingerprint density at radius 1 is 0.550 bits per heavy atom. The van der Waals surface area contributed by atoms with Gasteiger partial charge in [0.05, 0.1) is 28.1 Å². The molecule has 4 heteroatoms. The van der Waals surface area contributed by atoms with Gasteiger partial charge in [-0.1, -0.05) is 123 Å². The van der Waals surface area contributed by atoms with Gasteiger partial charge in [-0.25, -0.2) is 0 Å². The van der Waals surface area contributed by atoms with Crippen LogP contribution < -0.4 is 4.90 Å². The Bertz CT molecular complexity index is 3230. The van der Waals surface area contributed by atoms with Crippen LogP contribution in [0.25, 0.3) is 72.0 Å². The van der Waals surface area contributed by atoms with Crippen LogP contribution in [-0.4, -0.2) is 13.7 Å². The van der Waals surface area contributed by atoms with Crippen molar-refractivity contribution in [3.05, 3.63) is 205 Å². The van der Waals surface area contributed by atoms with Crippen LogP contribution in [0.15, 0.2) is 193 Å². The van der Waals surface area contributed by atoms with Crippen LogP contribution in [0.2, 0.25) is 0 Å². The van der Waals surface area contributed by atoms with Gasteiger partial charge in [-0.05, 0) is 104 Å². The van der Waals surface area contributed by atoms with E-state index in [2.05, 4.69) is 221 Å². The molecule has 0 N–H and O–H groups in total. The summed E-state index contributed by atoms with van der Waals surface area (Å²) < 4.78 is 7.50. The second-order valence-corrected chi connectivity index (χ2v) is 16.9. The lowest BCUT2D eigenvalue weighted by Gasteiger charge is -2.36. The lowest BCUT2D eigenvalue weighted by molar-refractivity contribution is 0.491. The number of aromatic nitrogens is 3. The third-order valence-corrected chi connectivity index (χ3v) is 13.4. The summed E-state index contributed by atoms with van der Waals surface area (Å²) in [6.07, 6.45) is 19.9. The fourth-order valence-corrected chi connectivity index (χ4v) is 10.7. The van der Waals surface area contributed by atoms with Gasteiger partial charge in [-0.15, -0.1) is 0 Å². The predicted molar refractivity (Wildman–Crippen MR) is 254 cm³/mol. The van der Waals surface area contributed by atoms with E-state index < -0.39 is 0 Å². The molecule has 12 rings (SSSR count). The summed E-state index contributed by atoms with van der Waals surface area (Å²) in [6, 6.07) is 53.7. The Balaban J connectivity index is 0.983. The van der Waals surface area contributed by atoms with Crippen molar-refractivity contribution in [2.45, 2.75) is 39.2 Å². The number of benzene rings is 6. The van der Waals surface area contributed by atoms with Crippen LogP contribution in [0.5, 0.6) is 0 Å². The van der Waals surface area contributed by atoms with Crippen LogP contribution in [0.3, 0.4) is 0 Å². The number of aryl methyl sites for hydroxylation is 1. The minimum Gasteiger partial charge on any atom is -0.333 e. The number of anilines is 1. The number of allylic oxidation sites excluding steroid dienone is 8. The van der Waals surface area contributed by atoms with Crippen molar-refractivity contribution >= 4 is 72.0 Å². The van der Waals surface area contributed by atoms with Crippen molar-refractivity contribution in [1.82, 2.24) is 13.7 Å². The molecule has 0 amide bonds. The van der Waals surface area contributed by atoms with Gasteiger partial charge in [-0.2, -0.15) is 0 Å². The third-order valence-electron chi connectivity index (χ3n) is 13.4. The molecule has 290 valence electrons. The lowest BCUT2D eigenvalue weighted by atomic mass is 9.91. The van der Waals surface area contributed by atoms with E-state index in [4.69, 9.17) is 0 Å². The van der Waals surface area contributed by atoms with E-state index in [1.807, 2.05) is 0 Å². The van der Waals surface area contributed by atoms with Crippen molar-refractivity contribution in [3.63, 3.8) is 0 Å². The average Bonchev–Trinajstić information content (AvgIpc) is 3.93. The van der Waals surface area contributed by atoms with Crippen molar-refractivity contribution < 1.29 is 0 Å². The molecule has 6 aromatic carbocycles. The molecule has 0 saturated carbocycles. The SMILES string of the molecule is CC1CC(N(C2=CC(C)C(n3c4c(c5ccccc53)CCC=C4)C=C2)c2ccc(-n3c4ccccc4c4ccccc43)cc2)=CC=C1n1c2ccccc2c2ccccc21. The van der Waals surface area contributed by atoms with Gasteiger partial charge in [-0.3, -0.25) is 0 Å². The summed E-state index contributed by atoms with van der Waals surface area (Å²) in [4.78, 5) is 2.53. The van der Waals surface area contributed by atoms with Gasteiger partial charge >= 0.3 is 0 Å². The molecule has 0 spiro atoms. The minimum absolute atomic E-state index is 0.214. The Hall–Kier alpha value is -7.04. The third kappa shape index (κ3) is 5.30. The van der Waals surface area contributed by atoms with Gasteiger partial charge in [0.1, 0.15) is 0 Å². The standard InChI is InChI=1S/C56H46N4/c1-37-35-41(31-33-49(37)59-53-23-11-5-17-45(53)46-18-6-12-24-54(46)59)57(39-27-29-40(30-28-39)58-51-21-9-3-15-43(51)44-16-4-10-22-52(44)58)42-32-34-50(38(2)36-42)60-55-25-13-7-19-47(55)48-20-8-14-26-56(48)60/h3-7,9-19,21-34,36-38,50H,8,20,35H2,1-2H3. The second kappa shape index (κ2) is 13.8. The highest BCUT2D eigenvalue weighted by atomic mass is 15.2. The highest BCUT2D eigenvalue weighted by molar-refractivity contribution is 6.10. The molecule has 0 bridgehead atoms. The maximum Gasteiger partial charge on any atom is 0.0587 e. The summed E-state index contributed by atoms with van der Waals surface area (Å²) in [7, 11) is 0. The summed E-state index contributed by atoms with van der Waals surface area (Å²) >= 11 is 0. The molecule has 3 heterocycles. The van der Waals surface area contributed by atoms with Crippen LogP contribution in [-0.2, 0) is 6.42 Å². The summed E-state index contributed by atoms with van der Waals surface area (Å²) in [5.74, 6) is 0.552. The monoisotopic (exact) mass is 774 g/mol. The second-order valence-electron chi connectivity index (χ2n) is 16.9. The largest absolute Gasteiger partial charge is 0.333 e. The van der Waals surface area contributed by atoms with E-state index in [9.17, 15) is 0 Å². The van der Waals surface area contributed by atoms with Gasteiger partial charge in [0.15, 0.2) is 0 Å². The zero-order valence-corrected chi connectivity index (χ0v) is 34.0. The van der Waals surface area contributed by atoms with E-state index >= 15 is 0 Å². The predicted octanol–water partition coefficient (Wildman–Crippen LogP) is 14.4. The first-order valence-corrected chi connectivity index (χ1v) is 21.6. The van der Waals surface area contributed by atoms with Crippen molar-refractivity contribution in [2.75, 3.05) is 4.90 Å². The quantitative estimate of drug-likeness (QED) is 0.165. The highest BCUT2D eigenvalue weighted by Gasteiger charge is 2.30. The van der Waals surface area contributed by atoms with Crippen LogP contribution in [0.1, 0.15) is 44.0 Å². The van der Waals surface area contributed by atoms with E-state index in [1.165, 1.54) is 88.6 Å². The maximum absolute atomic E-state index is 2.60. The fraction of sp³-hybridized carbons (Fsp3) is 0.143. The molecule has 3 unspecified atom stereocenters. The summed E-state index contributed by atoms with van der Waals surface area (Å²) in [6.45, 7) is 4.78. The molecule has 0 saturated heterocycles.